The minimum absolute atomic E-state index is 0.173. The van der Waals surface area contributed by atoms with Crippen LogP contribution in [-0.4, -0.2) is 20.2 Å². The normalized spacial score (nSPS) is 11.2. The van der Waals surface area contributed by atoms with E-state index in [0.717, 1.165) is 22.7 Å². The third kappa shape index (κ3) is 4.86. The first-order valence-electron chi connectivity index (χ1n) is 8.98. The highest BCUT2D eigenvalue weighted by molar-refractivity contribution is 7.10. The summed E-state index contributed by atoms with van der Waals surface area (Å²) in [5, 5.41) is 5.63. The molecule has 1 amide bonds. The van der Waals surface area contributed by atoms with Crippen LogP contribution in [0.2, 0.25) is 0 Å². The molecule has 156 valence electrons. The molecule has 0 aliphatic heterocycles. The van der Waals surface area contributed by atoms with Gasteiger partial charge in [-0.3, -0.25) is 4.79 Å². The third-order valence-corrected chi connectivity index (χ3v) is 5.07. The first-order chi connectivity index (χ1) is 14.9. The number of carbonyl (C=O) groups excluding carboxylic acids is 1. The van der Waals surface area contributed by atoms with Crippen molar-refractivity contribution in [1.82, 2.24) is 14.3 Å². The van der Waals surface area contributed by atoms with Gasteiger partial charge in [0.25, 0.3) is 5.91 Å². The van der Waals surface area contributed by atoms with Gasteiger partial charge < -0.3 is 10.6 Å². The number of alkyl halides is 3. The molecule has 0 bridgehead atoms. The van der Waals surface area contributed by atoms with Crippen molar-refractivity contribution in [3.05, 3.63) is 84.3 Å². The maximum atomic E-state index is 12.7. The van der Waals surface area contributed by atoms with Gasteiger partial charge in [0.15, 0.2) is 0 Å². The van der Waals surface area contributed by atoms with Crippen LogP contribution in [0.1, 0.15) is 15.9 Å². The number of benzene rings is 1. The van der Waals surface area contributed by atoms with Crippen molar-refractivity contribution < 1.29 is 18.0 Å². The summed E-state index contributed by atoms with van der Waals surface area (Å²) in [6, 6.07) is 14.7. The van der Waals surface area contributed by atoms with Crippen molar-refractivity contribution in [3.8, 4) is 10.4 Å². The minimum atomic E-state index is -4.46. The average molecular weight is 441 g/mol. The molecular weight excluding hydrogens is 427 g/mol. The maximum absolute atomic E-state index is 12.7. The largest absolute Gasteiger partial charge is 0.417 e. The molecule has 4 aromatic rings. The van der Waals surface area contributed by atoms with Gasteiger partial charge in [0.2, 0.25) is 0 Å². The Morgan fingerprint density at radius 3 is 2.45 bits per heavy atom. The SMILES string of the molecule is O=C(Nc1cnsc1-c1ccccc1)c1ccnc(Nc2ccc(C(F)(F)F)cn2)c1. The lowest BCUT2D eigenvalue weighted by Crippen LogP contribution is -2.12. The summed E-state index contributed by atoms with van der Waals surface area (Å²) in [5.74, 6) is 0.0706. The molecule has 3 aromatic heterocycles. The quantitative estimate of drug-likeness (QED) is 0.421. The van der Waals surface area contributed by atoms with Crippen LogP contribution in [0.5, 0.6) is 0 Å². The van der Waals surface area contributed by atoms with Crippen molar-refractivity contribution in [2.45, 2.75) is 6.18 Å². The van der Waals surface area contributed by atoms with Crippen molar-refractivity contribution in [2.75, 3.05) is 10.6 Å². The standard InChI is InChI=1S/C21H14F3N5OS/c22-21(23,24)15-6-7-17(26-11-15)29-18-10-14(8-9-25-18)20(30)28-16-12-27-31-19(16)13-4-2-1-3-5-13/h1-12H,(H,28,30)(H,25,26,29). The summed E-state index contributed by atoms with van der Waals surface area (Å²) in [6.45, 7) is 0. The number of rotatable bonds is 5. The Bertz CT molecular complexity index is 1190. The Morgan fingerprint density at radius 2 is 1.74 bits per heavy atom. The van der Waals surface area contributed by atoms with Gasteiger partial charge in [-0.25, -0.2) is 9.97 Å². The molecule has 3 heterocycles. The lowest BCUT2D eigenvalue weighted by molar-refractivity contribution is -0.137. The number of halogens is 3. The number of pyridine rings is 2. The molecule has 0 aliphatic carbocycles. The van der Waals surface area contributed by atoms with Gasteiger partial charge in [-0.15, -0.1) is 0 Å². The molecular formula is C21H14F3N5OS. The average Bonchev–Trinajstić information content (AvgIpc) is 3.22. The van der Waals surface area contributed by atoms with Crippen molar-refractivity contribution in [1.29, 1.82) is 0 Å². The molecule has 4 rings (SSSR count). The van der Waals surface area contributed by atoms with E-state index in [9.17, 15) is 18.0 Å². The van der Waals surface area contributed by atoms with E-state index in [2.05, 4.69) is 25.0 Å². The van der Waals surface area contributed by atoms with Gasteiger partial charge >= 0.3 is 6.18 Å². The second-order valence-electron chi connectivity index (χ2n) is 6.37. The van der Waals surface area contributed by atoms with Gasteiger partial charge in [-0.05, 0) is 41.4 Å². The van der Waals surface area contributed by atoms with Crippen LogP contribution in [-0.2, 0) is 6.18 Å². The maximum Gasteiger partial charge on any atom is 0.417 e. The van der Waals surface area contributed by atoms with E-state index in [1.54, 1.807) is 6.20 Å². The van der Waals surface area contributed by atoms with E-state index in [1.165, 1.54) is 35.9 Å². The minimum Gasteiger partial charge on any atom is -0.325 e. The van der Waals surface area contributed by atoms with Crippen molar-refractivity contribution in [3.63, 3.8) is 0 Å². The van der Waals surface area contributed by atoms with Crippen LogP contribution in [0, 0.1) is 0 Å². The van der Waals surface area contributed by atoms with Crippen molar-refractivity contribution >= 4 is 34.8 Å². The number of aromatic nitrogens is 3. The van der Waals surface area contributed by atoms with Crippen LogP contribution in [0.25, 0.3) is 10.4 Å². The lowest BCUT2D eigenvalue weighted by atomic mass is 10.1. The third-order valence-electron chi connectivity index (χ3n) is 4.22. The summed E-state index contributed by atoms with van der Waals surface area (Å²) in [4.78, 5) is 21.4. The molecule has 2 N–H and O–H groups in total. The first kappa shape index (κ1) is 20.5. The monoisotopic (exact) mass is 441 g/mol. The second kappa shape index (κ2) is 8.52. The molecule has 1 aromatic carbocycles. The Hall–Kier alpha value is -3.79. The zero-order valence-electron chi connectivity index (χ0n) is 15.7. The molecule has 0 fully saturated rings. The van der Waals surface area contributed by atoms with E-state index < -0.39 is 11.7 Å². The van der Waals surface area contributed by atoms with Gasteiger partial charge in [0, 0.05) is 18.0 Å². The molecule has 0 unspecified atom stereocenters. The topological polar surface area (TPSA) is 79.8 Å². The molecule has 0 radical (unpaired) electrons. The molecule has 0 aliphatic rings. The highest BCUT2D eigenvalue weighted by Crippen LogP contribution is 2.32. The summed E-state index contributed by atoms with van der Waals surface area (Å²) in [5.41, 5.74) is 0.982. The number of carbonyl (C=O) groups is 1. The molecule has 10 heteroatoms. The molecule has 6 nitrogen and oxygen atoms in total. The summed E-state index contributed by atoms with van der Waals surface area (Å²) >= 11 is 1.27. The fourth-order valence-electron chi connectivity index (χ4n) is 2.73. The van der Waals surface area contributed by atoms with Crippen LogP contribution >= 0.6 is 11.5 Å². The highest BCUT2D eigenvalue weighted by atomic mass is 32.1. The number of anilines is 3. The Balaban J connectivity index is 1.49. The number of nitrogens with zero attached hydrogens (tertiary/aromatic N) is 3. The van der Waals surface area contributed by atoms with E-state index in [1.807, 2.05) is 30.3 Å². The summed E-state index contributed by atoms with van der Waals surface area (Å²) < 4.78 is 42.1. The Morgan fingerprint density at radius 1 is 0.935 bits per heavy atom. The van der Waals surface area contributed by atoms with Crippen molar-refractivity contribution in [2.24, 2.45) is 0 Å². The van der Waals surface area contributed by atoms with Crippen LogP contribution < -0.4 is 10.6 Å². The number of hydrogen-bond acceptors (Lipinski definition) is 6. The Labute approximate surface area is 179 Å². The number of amides is 1. The molecule has 0 spiro atoms. The summed E-state index contributed by atoms with van der Waals surface area (Å²) in [6.07, 6.45) is -0.729. The predicted molar refractivity (Wildman–Crippen MR) is 112 cm³/mol. The van der Waals surface area contributed by atoms with Gasteiger partial charge in [-0.2, -0.15) is 17.5 Å². The van der Waals surface area contributed by atoms with Gasteiger partial charge in [0.1, 0.15) is 11.6 Å². The molecule has 31 heavy (non-hydrogen) atoms. The van der Waals surface area contributed by atoms with Crippen LogP contribution in [0.4, 0.5) is 30.5 Å². The number of hydrogen-bond donors (Lipinski definition) is 2. The molecule has 0 atom stereocenters. The fraction of sp³-hybridized carbons (Fsp3) is 0.0476. The fourth-order valence-corrected chi connectivity index (χ4v) is 3.43. The highest BCUT2D eigenvalue weighted by Gasteiger charge is 2.30. The van der Waals surface area contributed by atoms with Crippen LogP contribution in [0.15, 0.2) is 73.2 Å². The zero-order valence-corrected chi connectivity index (χ0v) is 16.5. The smallest absolute Gasteiger partial charge is 0.325 e. The predicted octanol–water partition coefficient (Wildman–Crippen LogP) is 5.61. The van der Waals surface area contributed by atoms with Crippen LogP contribution in [0.3, 0.4) is 0 Å². The Kier molecular flexibility index (Phi) is 5.63. The van der Waals surface area contributed by atoms with E-state index >= 15 is 0 Å². The second-order valence-corrected chi connectivity index (χ2v) is 7.18. The van der Waals surface area contributed by atoms with Gasteiger partial charge in [-0.1, -0.05) is 30.3 Å². The molecule has 0 saturated carbocycles. The van der Waals surface area contributed by atoms with Gasteiger partial charge in [0.05, 0.1) is 22.3 Å². The lowest BCUT2D eigenvalue weighted by Gasteiger charge is -2.09. The van der Waals surface area contributed by atoms with E-state index in [-0.39, 0.29) is 17.5 Å². The zero-order chi connectivity index (χ0) is 21.8. The molecule has 0 saturated heterocycles. The van der Waals surface area contributed by atoms with E-state index in [0.29, 0.717) is 11.3 Å². The summed E-state index contributed by atoms with van der Waals surface area (Å²) in [7, 11) is 0. The first-order valence-corrected chi connectivity index (χ1v) is 9.75. The number of nitrogens with one attached hydrogen (secondary N) is 2. The van der Waals surface area contributed by atoms with E-state index in [4.69, 9.17) is 0 Å².